The molecular formula is C15H14N2O4. The number of carboxylic acid groups (broad SMARTS) is 1. The van der Waals surface area contributed by atoms with Crippen molar-refractivity contribution in [2.75, 3.05) is 12.4 Å². The van der Waals surface area contributed by atoms with E-state index in [2.05, 4.69) is 10.3 Å². The first-order chi connectivity index (χ1) is 10.1. The first-order valence-corrected chi connectivity index (χ1v) is 6.20. The van der Waals surface area contributed by atoms with Crippen molar-refractivity contribution < 1.29 is 19.4 Å². The number of ether oxygens (including phenoxy) is 1. The molecule has 2 aromatic rings. The number of carbonyl (C=O) groups is 2. The molecule has 1 heterocycles. The lowest BCUT2D eigenvalue weighted by Gasteiger charge is -2.08. The highest BCUT2D eigenvalue weighted by molar-refractivity contribution is 6.00. The molecule has 6 nitrogen and oxygen atoms in total. The van der Waals surface area contributed by atoms with Crippen LogP contribution in [0.3, 0.4) is 0 Å². The van der Waals surface area contributed by atoms with Crippen LogP contribution >= 0.6 is 0 Å². The fourth-order valence-electron chi connectivity index (χ4n) is 1.84. The third-order valence-electron chi connectivity index (χ3n) is 2.82. The van der Waals surface area contributed by atoms with Gasteiger partial charge in [0.15, 0.2) is 0 Å². The summed E-state index contributed by atoms with van der Waals surface area (Å²) in [5.74, 6) is -0.777. The Morgan fingerprint density at radius 2 is 2.14 bits per heavy atom. The minimum atomic E-state index is -1.12. The Labute approximate surface area is 121 Å². The van der Waals surface area contributed by atoms with E-state index in [0.717, 1.165) is 5.56 Å². The highest BCUT2D eigenvalue weighted by Crippen LogP contribution is 2.16. The number of hydrogen-bond donors (Lipinski definition) is 2. The smallest absolute Gasteiger partial charge is 0.337 e. The molecule has 108 valence electrons. The van der Waals surface area contributed by atoms with Crippen molar-refractivity contribution in [1.82, 2.24) is 4.98 Å². The van der Waals surface area contributed by atoms with Gasteiger partial charge in [-0.15, -0.1) is 0 Å². The van der Waals surface area contributed by atoms with E-state index in [-0.39, 0.29) is 23.6 Å². The summed E-state index contributed by atoms with van der Waals surface area (Å²) < 4.78 is 5.09. The summed E-state index contributed by atoms with van der Waals surface area (Å²) >= 11 is 0. The number of aromatic carboxylic acids is 1. The molecule has 2 N–H and O–H groups in total. The van der Waals surface area contributed by atoms with Crippen LogP contribution in [0.5, 0.6) is 5.75 Å². The first kappa shape index (κ1) is 14.5. The predicted octanol–water partition coefficient (Wildman–Crippen LogP) is 1.97. The number of pyridine rings is 1. The fraction of sp³-hybridized carbons (Fsp3) is 0.133. The van der Waals surface area contributed by atoms with Gasteiger partial charge in [-0.2, -0.15) is 0 Å². The molecule has 6 heteroatoms. The van der Waals surface area contributed by atoms with Gasteiger partial charge in [-0.3, -0.25) is 9.78 Å². The number of nitrogens with zero attached hydrogens (tertiary/aromatic N) is 1. The van der Waals surface area contributed by atoms with Crippen LogP contribution in [0.1, 0.15) is 15.9 Å². The van der Waals surface area contributed by atoms with Gasteiger partial charge in [0.1, 0.15) is 5.75 Å². The zero-order valence-corrected chi connectivity index (χ0v) is 11.4. The van der Waals surface area contributed by atoms with Crippen LogP contribution in [0.2, 0.25) is 0 Å². The van der Waals surface area contributed by atoms with Crippen molar-refractivity contribution in [3.8, 4) is 5.75 Å². The average Bonchev–Trinajstić information content (AvgIpc) is 2.47. The topological polar surface area (TPSA) is 88.5 Å². The van der Waals surface area contributed by atoms with Gasteiger partial charge < -0.3 is 15.2 Å². The zero-order valence-electron chi connectivity index (χ0n) is 11.4. The summed E-state index contributed by atoms with van der Waals surface area (Å²) in [5, 5.41) is 11.6. The van der Waals surface area contributed by atoms with Gasteiger partial charge in [-0.25, -0.2) is 4.79 Å². The third-order valence-corrected chi connectivity index (χ3v) is 2.82. The molecule has 1 aromatic heterocycles. The Balaban J connectivity index is 2.10. The number of carbonyl (C=O) groups excluding carboxylic acids is 1. The van der Waals surface area contributed by atoms with Crippen molar-refractivity contribution >= 4 is 17.6 Å². The number of amides is 1. The lowest BCUT2D eigenvalue weighted by atomic mass is 10.1. The molecule has 0 bridgehead atoms. The molecule has 0 spiro atoms. The maximum absolute atomic E-state index is 12.0. The van der Waals surface area contributed by atoms with E-state index in [1.165, 1.54) is 18.5 Å². The van der Waals surface area contributed by atoms with E-state index in [4.69, 9.17) is 9.84 Å². The molecule has 0 unspecified atom stereocenters. The van der Waals surface area contributed by atoms with Gasteiger partial charge in [0.25, 0.3) is 0 Å². The molecule has 1 aromatic carbocycles. The van der Waals surface area contributed by atoms with E-state index in [1.54, 1.807) is 31.4 Å². The SMILES string of the molecule is COc1cccc(CC(=O)Nc2cnccc2C(=O)O)c1. The molecule has 0 saturated heterocycles. The quantitative estimate of drug-likeness (QED) is 0.877. The highest BCUT2D eigenvalue weighted by Gasteiger charge is 2.12. The number of rotatable bonds is 5. The third kappa shape index (κ3) is 3.79. The van der Waals surface area contributed by atoms with Crippen molar-refractivity contribution in [3.63, 3.8) is 0 Å². The van der Waals surface area contributed by atoms with Gasteiger partial charge in [0.05, 0.1) is 31.0 Å². The van der Waals surface area contributed by atoms with Crippen molar-refractivity contribution in [2.45, 2.75) is 6.42 Å². The van der Waals surface area contributed by atoms with Crippen LogP contribution in [-0.4, -0.2) is 29.1 Å². The summed E-state index contributed by atoms with van der Waals surface area (Å²) in [6.45, 7) is 0. The molecule has 0 radical (unpaired) electrons. The Bertz CT molecular complexity index is 670. The maximum atomic E-state index is 12.0. The number of nitrogens with one attached hydrogen (secondary N) is 1. The molecule has 0 saturated carbocycles. The monoisotopic (exact) mass is 286 g/mol. The average molecular weight is 286 g/mol. The van der Waals surface area contributed by atoms with Gasteiger partial charge >= 0.3 is 5.97 Å². The lowest BCUT2D eigenvalue weighted by molar-refractivity contribution is -0.115. The van der Waals surface area contributed by atoms with Crippen molar-refractivity contribution in [1.29, 1.82) is 0 Å². The van der Waals surface area contributed by atoms with Crippen LogP contribution in [0.25, 0.3) is 0 Å². The highest BCUT2D eigenvalue weighted by atomic mass is 16.5. The van der Waals surface area contributed by atoms with Crippen LogP contribution in [0.15, 0.2) is 42.7 Å². The van der Waals surface area contributed by atoms with Crippen molar-refractivity contribution in [3.05, 3.63) is 53.9 Å². The second-order valence-corrected chi connectivity index (χ2v) is 4.30. The lowest BCUT2D eigenvalue weighted by Crippen LogP contribution is -2.17. The Morgan fingerprint density at radius 3 is 2.86 bits per heavy atom. The first-order valence-electron chi connectivity index (χ1n) is 6.20. The molecule has 0 atom stereocenters. The summed E-state index contributed by atoms with van der Waals surface area (Å²) in [4.78, 5) is 26.9. The fourth-order valence-corrected chi connectivity index (χ4v) is 1.84. The Kier molecular flexibility index (Phi) is 4.50. The molecule has 2 rings (SSSR count). The second-order valence-electron chi connectivity index (χ2n) is 4.30. The van der Waals surface area contributed by atoms with Crippen LogP contribution in [-0.2, 0) is 11.2 Å². The van der Waals surface area contributed by atoms with E-state index in [0.29, 0.717) is 5.75 Å². The van der Waals surface area contributed by atoms with Crippen LogP contribution in [0, 0.1) is 0 Å². The second kappa shape index (κ2) is 6.51. The van der Waals surface area contributed by atoms with E-state index >= 15 is 0 Å². The molecule has 1 amide bonds. The summed E-state index contributed by atoms with van der Waals surface area (Å²) in [6.07, 6.45) is 2.79. The van der Waals surface area contributed by atoms with Crippen LogP contribution < -0.4 is 10.1 Å². The summed E-state index contributed by atoms with van der Waals surface area (Å²) in [6, 6.07) is 8.45. The van der Waals surface area contributed by atoms with E-state index < -0.39 is 5.97 Å². The number of anilines is 1. The molecule has 0 aliphatic rings. The van der Waals surface area contributed by atoms with E-state index in [9.17, 15) is 9.59 Å². The van der Waals surface area contributed by atoms with E-state index in [1.807, 2.05) is 0 Å². The standard InChI is InChI=1S/C15H14N2O4/c1-21-11-4-2-3-10(7-11)8-14(18)17-13-9-16-6-5-12(13)15(19)20/h2-7,9H,8H2,1H3,(H,17,18)(H,19,20). The van der Waals surface area contributed by atoms with Crippen LogP contribution in [0.4, 0.5) is 5.69 Å². The number of carboxylic acids is 1. The molecule has 0 aliphatic carbocycles. The number of aromatic nitrogens is 1. The van der Waals surface area contributed by atoms with Gasteiger partial charge in [0, 0.05) is 6.20 Å². The minimum Gasteiger partial charge on any atom is -0.497 e. The molecule has 0 aliphatic heterocycles. The molecule has 21 heavy (non-hydrogen) atoms. The maximum Gasteiger partial charge on any atom is 0.337 e. The van der Waals surface area contributed by atoms with Gasteiger partial charge in [0.2, 0.25) is 5.91 Å². The van der Waals surface area contributed by atoms with Gasteiger partial charge in [-0.05, 0) is 23.8 Å². The largest absolute Gasteiger partial charge is 0.497 e. The normalized spacial score (nSPS) is 9.95. The zero-order chi connectivity index (χ0) is 15.2. The Hall–Kier alpha value is -2.89. The summed E-state index contributed by atoms with van der Waals surface area (Å²) in [5.41, 5.74) is 0.953. The minimum absolute atomic E-state index is 0.00370. The molecule has 0 fully saturated rings. The predicted molar refractivity (Wildman–Crippen MR) is 76.5 cm³/mol. The molecular weight excluding hydrogens is 272 g/mol. The number of hydrogen-bond acceptors (Lipinski definition) is 4. The van der Waals surface area contributed by atoms with Crippen molar-refractivity contribution in [2.24, 2.45) is 0 Å². The Morgan fingerprint density at radius 1 is 1.33 bits per heavy atom. The number of benzene rings is 1. The summed E-state index contributed by atoms with van der Waals surface area (Å²) in [7, 11) is 1.55. The number of methoxy groups -OCH3 is 1. The van der Waals surface area contributed by atoms with Gasteiger partial charge in [-0.1, -0.05) is 12.1 Å².